The standard InChI is InChI=1S/C16H17N3O.C4H6/c1-16(2)12-9-18-15(17-3)19-14(12)11-7-5-4-6-10(11)8-13(16)20;1-3-4-2/h4-7,9H,8H2,1-3H3,(H,17,18,19);1-2H3. The second kappa shape index (κ2) is 7.27. The second-order valence-electron chi connectivity index (χ2n) is 6.09. The van der Waals surface area contributed by atoms with Crippen molar-refractivity contribution in [2.75, 3.05) is 12.4 Å². The molecule has 0 saturated carbocycles. The highest BCUT2D eigenvalue weighted by Crippen LogP contribution is 2.38. The van der Waals surface area contributed by atoms with Gasteiger partial charge in [-0.25, -0.2) is 9.97 Å². The summed E-state index contributed by atoms with van der Waals surface area (Å²) in [7, 11) is 1.79. The van der Waals surface area contributed by atoms with E-state index in [9.17, 15) is 4.79 Å². The van der Waals surface area contributed by atoms with Gasteiger partial charge in [-0.2, -0.15) is 0 Å². The maximum atomic E-state index is 12.5. The van der Waals surface area contributed by atoms with E-state index in [0.717, 1.165) is 22.4 Å². The van der Waals surface area contributed by atoms with Gasteiger partial charge in [-0.3, -0.25) is 4.79 Å². The Balaban J connectivity index is 0.000000471. The third-order valence-corrected chi connectivity index (χ3v) is 4.26. The van der Waals surface area contributed by atoms with E-state index in [0.29, 0.717) is 12.4 Å². The monoisotopic (exact) mass is 321 g/mol. The molecular formula is C20H23N3O. The zero-order valence-electron chi connectivity index (χ0n) is 14.9. The fourth-order valence-electron chi connectivity index (χ4n) is 2.61. The number of nitrogens with zero attached hydrogens (tertiary/aromatic N) is 2. The number of Topliss-reactive ketones (excluding diaryl/α,β-unsaturated/α-hetero) is 1. The lowest BCUT2D eigenvalue weighted by Crippen LogP contribution is -2.30. The predicted molar refractivity (Wildman–Crippen MR) is 97.9 cm³/mol. The van der Waals surface area contributed by atoms with E-state index in [1.54, 1.807) is 13.2 Å². The molecule has 1 aliphatic carbocycles. The van der Waals surface area contributed by atoms with Crippen molar-refractivity contribution in [3.8, 4) is 23.1 Å². The molecule has 1 heterocycles. The summed E-state index contributed by atoms with van der Waals surface area (Å²) in [6, 6.07) is 7.96. The molecule has 0 bridgehead atoms. The molecule has 4 nitrogen and oxygen atoms in total. The lowest BCUT2D eigenvalue weighted by atomic mass is 9.80. The number of hydrogen-bond acceptors (Lipinski definition) is 4. The summed E-state index contributed by atoms with van der Waals surface area (Å²) in [6.45, 7) is 7.53. The van der Waals surface area contributed by atoms with E-state index in [1.165, 1.54) is 0 Å². The van der Waals surface area contributed by atoms with Crippen molar-refractivity contribution in [2.45, 2.75) is 39.5 Å². The Morgan fingerprint density at radius 2 is 1.83 bits per heavy atom. The summed E-state index contributed by atoms with van der Waals surface area (Å²) < 4.78 is 0. The molecule has 0 radical (unpaired) electrons. The quantitative estimate of drug-likeness (QED) is 0.815. The third kappa shape index (κ3) is 3.30. The number of benzene rings is 1. The predicted octanol–water partition coefficient (Wildman–Crippen LogP) is 3.62. The molecule has 0 fully saturated rings. The molecular weight excluding hydrogens is 298 g/mol. The topological polar surface area (TPSA) is 54.9 Å². The molecule has 0 saturated heterocycles. The van der Waals surface area contributed by atoms with Crippen LogP contribution in [-0.2, 0) is 16.6 Å². The fourth-order valence-corrected chi connectivity index (χ4v) is 2.61. The van der Waals surface area contributed by atoms with Crippen LogP contribution in [0, 0.1) is 11.8 Å². The molecule has 0 unspecified atom stereocenters. The van der Waals surface area contributed by atoms with Gasteiger partial charge in [0, 0.05) is 30.8 Å². The van der Waals surface area contributed by atoms with Crippen LogP contribution in [0.5, 0.6) is 0 Å². The minimum atomic E-state index is -0.569. The summed E-state index contributed by atoms with van der Waals surface area (Å²) in [5.41, 5.74) is 3.24. The van der Waals surface area contributed by atoms with Crippen LogP contribution in [0.15, 0.2) is 30.5 Å². The Bertz CT molecular complexity index is 807. The largest absolute Gasteiger partial charge is 0.357 e. The van der Waals surface area contributed by atoms with Crippen molar-refractivity contribution in [3.05, 3.63) is 41.6 Å². The number of aromatic nitrogens is 2. The maximum Gasteiger partial charge on any atom is 0.222 e. The molecule has 0 spiro atoms. The van der Waals surface area contributed by atoms with Gasteiger partial charge < -0.3 is 5.32 Å². The van der Waals surface area contributed by atoms with Gasteiger partial charge in [-0.1, -0.05) is 24.3 Å². The number of hydrogen-bond donors (Lipinski definition) is 1. The first kappa shape index (κ1) is 17.7. The molecule has 1 aliphatic rings. The number of carbonyl (C=O) groups excluding carboxylic acids is 1. The van der Waals surface area contributed by atoms with Gasteiger partial charge in [0.05, 0.1) is 11.1 Å². The Labute approximate surface area is 143 Å². The Hall–Kier alpha value is -2.67. The van der Waals surface area contributed by atoms with E-state index in [2.05, 4.69) is 27.1 Å². The van der Waals surface area contributed by atoms with Gasteiger partial charge in [0.1, 0.15) is 5.78 Å². The van der Waals surface area contributed by atoms with E-state index in [-0.39, 0.29) is 5.78 Å². The number of carbonyl (C=O) groups is 1. The summed E-state index contributed by atoms with van der Waals surface area (Å²) in [6.07, 6.45) is 2.21. The van der Waals surface area contributed by atoms with E-state index in [4.69, 9.17) is 0 Å². The summed E-state index contributed by atoms with van der Waals surface area (Å²) in [5.74, 6) is 6.13. The summed E-state index contributed by atoms with van der Waals surface area (Å²) >= 11 is 0. The number of anilines is 1. The molecule has 3 rings (SSSR count). The molecule has 1 aromatic heterocycles. The van der Waals surface area contributed by atoms with Crippen LogP contribution in [0.2, 0.25) is 0 Å². The number of nitrogens with one attached hydrogen (secondary N) is 1. The van der Waals surface area contributed by atoms with E-state index in [1.807, 2.05) is 52.0 Å². The lowest BCUT2D eigenvalue weighted by molar-refractivity contribution is -0.122. The average molecular weight is 321 g/mol. The number of fused-ring (bicyclic) bond motifs is 3. The highest BCUT2D eigenvalue weighted by Gasteiger charge is 2.36. The van der Waals surface area contributed by atoms with Crippen molar-refractivity contribution in [2.24, 2.45) is 0 Å². The minimum absolute atomic E-state index is 0.199. The van der Waals surface area contributed by atoms with Crippen LogP contribution >= 0.6 is 0 Å². The Morgan fingerprint density at radius 3 is 2.46 bits per heavy atom. The van der Waals surface area contributed by atoms with Crippen LogP contribution in [-0.4, -0.2) is 22.8 Å². The van der Waals surface area contributed by atoms with Crippen molar-refractivity contribution in [3.63, 3.8) is 0 Å². The smallest absolute Gasteiger partial charge is 0.222 e. The SMILES string of the molecule is CC#CC.CNc1ncc2c(n1)-c1ccccc1CC(=O)C2(C)C. The van der Waals surface area contributed by atoms with Gasteiger partial charge in [0.2, 0.25) is 5.95 Å². The molecule has 24 heavy (non-hydrogen) atoms. The van der Waals surface area contributed by atoms with Gasteiger partial charge >= 0.3 is 0 Å². The van der Waals surface area contributed by atoms with Crippen molar-refractivity contribution >= 4 is 11.7 Å². The first-order chi connectivity index (χ1) is 11.5. The van der Waals surface area contributed by atoms with E-state index >= 15 is 0 Å². The molecule has 0 amide bonds. The van der Waals surface area contributed by atoms with Crippen LogP contribution in [0.4, 0.5) is 5.95 Å². The second-order valence-corrected chi connectivity index (χ2v) is 6.09. The highest BCUT2D eigenvalue weighted by molar-refractivity contribution is 5.96. The number of ketones is 1. The normalized spacial score (nSPS) is 14.0. The highest BCUT2D eigenvalue weighted by atomic mass is 16.1. The Kier molecular flexibility index (Phi) is 5.35. The molecule has 1 N–H and O–H groups in total. The van der Waals surface area contributed by atoms with Gasteiger partial charge in [0.15, 0.2) is 0 Å². The molecule has 4 heteroatoms. The molecule has 1 aromatic carbocycles. The van der Waals surface area contributed by atoms with Crippen LogP contribution in [0.3, 0.4) is 0 Å². The zero-order chi connectivity index (χ0) is 17.7. The first-order valence-corrected chi connectivity index (χ1v) is 7.96. The molecule has 0 aliphatic heterocycles. The summed E-state index contributed by atoms with van der Waals surface area (Å²) in [4.78, 5) is 21.4. The lowest BCUT2D eigenvalue weighted by Gasteiger charge is -2.23. The summed E-state index contributed by atoms with van der Waals surface area (Å²) in [5, 5.41) is 2.96. The van der Waals surface area contributed by atoms with Crippen molar-refractivity contribution in [1.29, 1.82) is 0 Å². The maximum absolute atomic E-state index is 12.5. The van der Waals surface area contributed by atoms with Crippen LogP contribution in [0.1, 0.15) is 38.8 Å². The van der Waals surface area contributed by atoms with Gasteiger partial charge in [-0.05, 0) is 33.3 Å². The van der Waals surface area contributed by atoms with Gasteiger partial charge in [-0.15, -0.1) is 11.8 Å². The minimum Gasteiger partial charge on any atom is -0.357 e. The van der Waals surface area contributed by atoms with Crippen molar-refractivity contribution < 1.29 is 4.79 Å². The number of rotatable bonds is 1. The molecule has 2 aromatic rings. The van der Waals surface area contributed by atoms with Gasteiger partial charge in [0.25, 0.3) is 0 Å². The Morgan fingerprint density at radius 1 is 1.17 bits per heavy atom. The van der Waals surface area contributed by atoms with Crippen LogP contribution in [0.25, 0.3) is 11.3 Å². The average Bonchev–Trinajstić information content (AvgIpc) is 2.69. The molecule has 0 atom stereocenters. The van der Waals surface area contributed by atoms with E-state index < -0.39 is 5.41 Å². The van der Waals surface area contributed by atoms with Crippen molar-refractivity contribution in [1.82, 2.24) is 9.97 Å². The molecule has 124 valence electrons. The fraction of sp³-hybridized carbons (Fsp3) is 0.350. The zero-order valence-corrected chi connectivity index (χ0v) is 14.9. The van der Waals surface area contributed by atoms with Crippen LogP contribution < -0.4 is 5.32 Å². The third-order valence-electron chi connectivity index (χ3n) is 4.26. The first-order valence-electron chi connectivity index (χ1n) is 7.96.